The number of fused-ring (bicyclic) bond motifs is 1. The van der Waals surface area contributed by atoms with Crippen molar-refractivity contribution in [3.05, 3.63) is 30.1 Å². The van der Waals surface area contributed by atoms with E-state index in [9.17, 15) is 4.79 Å². The second-order valence-corrected chi connectivity index (χ2v) is 5.21. The Balaban J connectivity index is 1.96. The molecule has 0 radical (unpaired) electrons. The van der Waals surface area contributed by atoms with Crippen molar-refractivity contribution in [1.82, 2.24) is 9.55 Å². The molecular weight excluding hydrogens is 252 g/mol. The first-order valence-corrected chi connectivity index (χ1v) is 7.40. The van der Waals surface area contributed by atoms with Crippen LogP contribution in [0, 0.1) is 0 Å². The third kappa shape index (κ3) is 3.59. The number of carboxylic acids is 1. The molecule has 0 saturated heterocycles. The van der Waals surface area contributed by atoms with E-state index in [2.05, 4.69) is 16.5 Å². The fraction of sp³-hybridized carbons (Fsp3) is 0.500. The summed E-state index contributed by atoms with van der Waals surface area (Å²) in [5.74, 6) is -0.890. The third-order valence-electron chi connectivity index (χ3n) is 3.62. The second kappa shape index (κ2) is 7.08. The number of aryl methyl sites for hydroxylation is 1. The van der Waals surface area contributed by atoms with Crippen LogP contribution >= 0.6 is 0 Å². The Bertz CT molecular complexity index is 575. The first-order chi connectivity index (χ1) is 9.72. The summed E-state index contributed by atoms with van der Waals surface area (Å²) in [6.45, 7) is 3.13. The van der Waals surface area contributed by atoms with Crippen molar-refractivity contribution in [2.45, 2.75) is 52.0 Å². The molecule has 1 N–H and O–H groups in total. The minimum Gasteiger partial charge on any atom is -0.478 e. The number of unbranched alkanes of at least 4 members (excludes halogenated alkanes) is 5. The molecule has 0 spiro atoms. The number of aromatic carboxylic acids is 1. The smallest absolute Gasteiger partial charge is 0.335 e. The minimum absolute atomic E-state index is 0.321. The zero-order valence-corrected chi connectivity index (χ0v) is 12.0. The summed E-state index contributed by atoms with van der Waals surface area (Å²) in [5.41, 5.74) is 2.10. The van der Waals surface area contributed by atoms with Crippen molar-refractivity contribution >= 4 is 17.0 Å². The normalized spacial score (nSPS) is 11.1. The molecule has 1 aromatic heterocycles. The van der Waals surface area contributed by atoms with Gasteiger partial charge in [0.15, 0.2) is 0 Å². The fourth-order valence-corrected chi connectivity index (χ4v) is 2.43. The Morgan fingerprint density at radius 3 is 2.70 bits per heavy atom. The average Bonchev–Trinajstić information content (AvgIpc) is 2.85. The van der Waals surface area contributed by atoms with Crippen LogP contribution in [0.3, 0.4) is 0 Å². The molecular formula is C16H22N2O2. The summed E-state index contributed by atoms with van der Waals surface area (Å²) < 4.78 is 2.06. The van der Waals surface area contributed by atoms with Crippen LogP contribution in [0.15, 0.2) is 24.5 Å². The molecule has 0 aliphatic rings. The van der Waals surface area contributed by atoms with Gasteiger partial charge in [0.1, 0.15) is 0 Å². The maximum absolute atomic E-state index is 11.0. The zero-order valence-electron chi connectivity index (χ0n) is 12.0. The highest BCUT2D eigenvalue weighted by molar-refractivity contribution is 5.92. The molecule has 0 bridgehead atoms. The average molecular weight is 274 g/mol. The standard InChI is InChI=1S/C16H22N2O2/c1-2-3-4-5-6-7-10-18-12-17-14-9-8-13(16(19)20)11-15(14)18/h8-9,11-12H,2-7,10H2,1H3,(H,19,20). The zero-order chi connectivity index (χ0) is 14.4. The van der Waals surface area contributed by atoms with Crippen LogP contribution in [-0.2, 0) is 6.54 Å². The van der Waals surface area contributed by atoms with Crippen molar-refractivity contribution in [3.8, 4) is 0 Å². The van der Waals surface area contributed by atoms with Crippen molar-refractivity contribution in [2.24, 2.45) is 0 Å². The van der Waals surface area contributed by atoms with Crippen LogP contribution < -0.4 is 0 Å². The topological polar surface area (TPSA) is 55.1 Å². The van der Waals surface area contributed by atoms with Gasteiger partial charge in [-0.2, -0.15) is 0 Å². The third-order valence-corrected chi connectivity index (χ3v) is 3.62. The van der Waals surface area contributed by atoms with Gasteiger partial charge in [-0.15, -0.1) is 0 Å². The van der Waals surface area contributed by atoms with Crippen LogP contribution in [0.2, 0.25) is 0 Å². The molecule has 4 heteroatoms. The van der Waals surface area contributed by atoms with Crippen LogP contribution in [0.1, 0.15) is 55.8 Å². The molecule has 1 aromatic carbocycles. The molecule has 1 heterocycles. The van der Waals surface area contributed by atoms with Crippen molar-refractivity contribution in [2.75, 3.05) is 0 Å². The number of carbonyl (C=O) groups is 1. The van der Waals surface area contributed by atoms with E-state index >= 15 is 0 Å². The lowest BCUT2D eigenvalue weighted by Crippen LogP contribution is -1.99. The Morgan fingerprint density at radius 2 is 1.95 bits per heavy atom. The summed E-state index contributed by atoms with van der Waals surface area (Å²) >= 11 is 0. The lowest BCUT2D eigenvalue weighted by atomic mass is 10.1. The van der Waals surface area contributed by atoms with Crippen LogP contribution in [0.25, 0.3) is 11.0 Å². The Morgan fingerprint density at radius 1 is 1.20 bits per heavy atom. The highest BCUT2D eigenvalue weighted by Crippen LogP contribution is 2.16. The Kier molecular flexibility index (Phi) is 5.16. The van der Waals surface area contributed by atoms with Crippen LogP contribution in [0.4, 0.5) is 0 Å². The minimum atomic E-state index is -0.890. The Hall–Kier alpha value is -1.84. The number of benzene rings is 1. The maximum atomic E-state index is 11.0. The summed E-state index contributed by atoms with van der Waals surface area (Å²) in [4.78, 5) is 15.3. The van der Waals surface area contributed by atoms with Gasteiger partial charge in [0.2, 0.25) is 0 Å². The molecule has 0 atom stereocenters. The molecule has 4 nitrogen and oxygen atoms in total. The van der Waals surface area contributed by atoms with Crippen LogP contribution in [0.5, 0.6) is 0 Å². The van der Waals surface area contributed by atoms with Gasteiger partial charge in [0.05, 0.1) is 22.9 Å². The number of nitrogens with zero attached hydrogens (tertiary/aromatic N) is 2. The van der Waals surface area contributed by atoms with E-state index in [4.69, 9.17) is 5.11 Å². The molecule has 0 amide bonds. The molecule has 20 heavy (non-hydrogen) atoms. The van der Waals surface area contributed by atoms with E-state index in [-0.39, 0.29) is 0 Å². The van der Waals surface area contributed by atoms with Gasteiger partial charge in [0.25, 0.3) is 0 Å². The number of carboxylic acid groups (broad SMARTS) is 1. The van der Waals surface area contributed by atoms with Crippen molar-refractivity contribution in [1.29, 1.82) is 0 Å². The maximum Gasteiger partial charge on any atom is 0.335 e. The van der Waals surface area contributed by atoms with Crippen molar-refractivity contribution < 1.29 is 9.90 Å². The van der Waals surface area contributed by atoms with Gasteiger partial charge in [-0.05, 0) is 24.6 Å². The quantitative estimate of drug-likeness (QED) is 0.737. The lowest BCUT2D eigenvalue weighted by Gasteiger charge is -2.05. The monoisotopic (exact) mass is 274 g/mol. The summed E-state index contributed by atoms with van der Waals surface area (Å²) in [5, 5.41) is 9.04. The van der Waals surface area contributed by atoms with E-state index < -0.39 is 5.97 Å². The number of imidazole rings is 1. The van der Waals surface area contributed by atoms with Gasteiger partial charge < -0.3 is 9.67 Å². The number of aromatic nitrogens is 2. The highest BCUT2D eigenvalue weighted by Gasteiger charge is 2.07. The first kappa shape index (κ1) is 14.6. The summed E-state index contributed by atoms with van der Waals surface area (Å²) in [6, 6.07) is 5.09. The largest absolute Gasteiger partial charge is 0.478 e. The Labute approximate surface area is 119 Å². The van der Waals surface area contributed by atoms with Gasteiger partial charge in [-0.1, -0.05) is 39.0 Å². The van der Waals surface area contributed by atoms with Gasteiger partial charge in [0, 0.05) is 6.54 Å². The van der Waals surface area contributed by atoms with E-state index in [1.807, 2.05) is 6.33 Å². The predicted molar refractivity (Wildman–Crippen MR) is 80.1 cm³/mol. The van der Waals surface area contributed by atoms with E-state index in [0.717, 1.165) is 24.0 Å². The molecule has 0 aliphatic heterocycles. The summed E-state index contributed by atoms with van der Waals surface area (Å²) in [6.07, 6.45) is 9.32. The van der Waals surface area contributed by atoms with E-state index in [1.165, 1.54) is 32.1 Å². The van der Waals surface area contributed by atoms with Gasteiger partial charge >= 0.3 is 5.97 Å². The molecule has 0 fully saturated rings. The molecule has 108 valence electrons. The van der Waals surface area contributed by atoms with Crippen LogP contribution in [-0.4, -0.2) is 20.6 Å². The molecule has 0 saturated carbocycles. The SMILES string of the molecule is CCCCCCCCn1cnc2ccc(C(=O)O)cc21. The second-order valence-electron chi connectivity index (χ2n) is 5.21. The van der Waals surface area contributed by atoms with Gasteiger partial charge in [-0.25, -0.2) is 9.78 Å². The first-order valence-electron chi connectivity index (χ1n) is 7.40. The molecule has 2 rings (SSSR count). The lowest BCUT2D eigenvalue weighted by molar-refractivity contribution is 0.0697. The number of hydrogen-bond donors (Lipinski definition) is 1. The molecule has 2 aromatic rings. The van der Waals surface area contributed by atoms with E-state index in [0.29, 0.717) is 5.56 Å². The predicted octanol–water partition coefficient (Wildman–Crippen LogP) is 4.10. The number of rotatable bonds is 8. The summed E-state index contributed by atoms with van der Waals surface area (Å²) in [7, 11) is 0. The fourth-order valence-electron chi connectivity index (χ4n) is 2.43. The highest BCUT2D eigenvalue weighted by atomic mass is 16.4. The van der Waals surface area contributed by atoms with E-state index in [1.54, 1.807) is 18.2 Å². The van der Waals surface area contributed by atoms with Gasteiger partial charge in [-0.3, -0.25) is 0 Å². The van der Waals surface area contributed by atoms with Crippen molar-refractivity contribution in [3.63, 3.8) is 0 Å². The number of hydrogen-bond acceptors (Lipinski definition) is 2. The molecule has 0 aliphatic carbocycles. The molecule has 0 unspecified atom stereocenters.